The minimum atomic E-state index is -3.57. The van der Waals surface area contributed by atoms with Gasteiger partial charge >= 0.3 is 0 Å². The first-order valence-corrected chi connectivity index (χ1v) is 6.81. The summed E-state index contributed by atoms with van der Waals surface area (Å²) < 4.78 is 25.5. The van der Waals surface area contributed by atoms with Crippen molar-refractivity contribution in [2.75, 3.05) is 7.05 Å². The molecule has 0 aliphatic heterocycles. The molecule has 4 nitrogen and oxygen atoms in total. The van der Waals surface area contributed by atoms with Gasteiger partial charge in [0.2, 0.25) is 10.0 Å². The maximum atomic E-state index is 12.2. The topological polar surface area (TPSA) is 61.2 Å². The molecule has 92 valence electrons. The standard InChI is InChI=1S/C12H16N2O2S/c1-4-11(9-13)14(3)17(15,16)12-7-5-10(2)6-8-12/h5-8,11H,4H2,1-3H3. The van der Waals surface area contributed by atoms with Crippen LogP contribution >= 0.6 is 0 Å². The molecule has 1 aromatic rings. The molecule has 1 unspecified atom stereocenters. The predicted molar refractivity (Wildman–Crippen MR) is 65.8 cm³/mol. The largest absolute Gasteiger partial charge is 0.244 e. The van der Waals surface area contributed by atoms with E-state index >= 15 is 0 Å². The van der Waals surface area contributed by atoms with Crippen molar-refractivity contribution < 1.29 is 8.42 Å². The normalized spacial score (nSPS) is 13.4. The Morgan fingerprint density at radius 2 is 1.88 bits per heavy atom. The highest BCUT2D eigenvalue weighted by atomic mass is 32.2. The van der Waals surface area contributed by atoms with Crippen LogP contribution in [0, 0.1) is 18.3 Å². The molecule has 0 spiro atoms. The van der Waals surface area contributed by atoms with Crippen LogP contribution in [0.4, 0.5) is 0 Å². The van der Waals surface area contributed by atoms with Crippen molar-refractivity contribution in [2.24, 2.45) is 0 Å². The number of benzene rings is 1. The second-order valence-electron chi connectivity index (χ2n) is 3.89. The lowest BCUT2D eigenvalue weighted by Gasteiger charge is -2.21. The first kappa shape index (κ1) is 13.7. The molecule has 1 rings (SSSR count). The minimum Gasteiger partial charge on any atom is -0.207 e. The van der Waals surface area contributed by atoms with Gasteiger partial charge in [0.1, 0.15) is 6.04 Å². The Labute approximate surface area is 103 Å². The van der Waals surface area contributed by atoms with E-state index in [1.165, 1.54) is 7.05 Å². The number of aryl methyl sites for hydroxylation is 1. The second-order valence-corrected chi connectivity index (χ2v) is 5.88. The van der Waals surface area contributed by atoms with Crippen molar-refractivity contribution in [1.29, 1.82) is 5.26 Å². The summed E-state index contributed by atoms with van der Waals surface area (Å²) in [6.45, 7) is 3.68. The van der Waals surface area contributed by atoms with E-state index in [0.29, 0.717) is 6.42 Å². The van der Waals surface area contributed by atoms with Gasteiger partial charge in [0.25, 0.3) is 0 Å². The average Bonchev–Trinajstić information content (AvgIpc) is 2.31. The zero-order valence-corrected chi connectivity index (χ0v) is 11.0. The number of hydrogen-bond donors (Lipinski definition) is 0. The van der Waals surface area contributed by atoms with Crippen LogP contribution in [0.2, 0.25) is 0 Å². The van der Waals surface area contributed by atoms with Crippen LogP contribution in [-0.2, 0) is 10.0 Å². The molecular formula is C12H16N2O2S. The summed E-state index contributed by atoms with van der Waals surface area (Å²) in [5.74, 6) is 0. The van der Waals surface area contributed by atoms with Gasteiger partial charge in [-0.05, 0) is 25.5 Å². The van der Waals surface area contributed by atoms with Gasteiger partial charge in [0.05, 0.1) is 11.0 Å². The van der Waals surface area contributed by atoms with E-state index in [1.54, 1.807) is 31.2 Å². The summed E-state index contributed by atoms with van der Waals surface area (Å²) in [6, 6.07) is 7.97. The number of sulfonamides is 1. The Morgan fingerprint density at radius 1 is 1.35 bits per heavy atom. The zero-order chi connectivity index (χ0) is 13.1. The summed E-state index contributed by atoms with van der Waals surface area (Å²) in [4.78, 5) is 0.222. The van der Waals surface area contributed by atoms with Crippen LogP contribution in [0.3, 0.4) is 0 Å². The van der Waals surface area contributed by atoms with Gasteiger partial charge in [-0.3, -0.25) is 0 Å². The monoisotopic (exact) mass is 252 g/mol. The molecule has 0 saturated carbocycles. The van der Waals surface area contributed by atoms with Gasteiger partial charge in [0.15, 0.2) is 0 Å². The molecule has 0 aliphatic rings. The second kappa shape index (κ2) is 5.30. The van der Waals surface area contributed by atoms with Gasteiger partial charge in [-0.2, -0.15) is 9.57 Å². The first-order chi connectivity index (χ1) is 7.93. The quantitative estimate of drug-likeness (QED) is 0.822. The molecule has 5 heteroatoms. The van der Waals surface area contributed by atoms with Crippen LogP contribution in [0.15, 0.2) is 29.2 Å². The zero-order valence-electron chi connectivity index (χ0n) is 10.2. The first-order valence-electron chi connectivity index (χ1n) is 5.37. The van der Waals surface area contributed by atoms with Gasteiger partial charge in [-0.15, -0.1) is 0 Å². The predicted octanol–water partition coefficient (Wildman–Crippen LogP) is 1.92. The average molecular weight is 252 g/mol. The Balaban J connectivity index is 3.12. The minimum absolute atomic E-state index is 0.222. The lowest BCUT2D eigenvalue weighted by Crippen LogP contribution is -2.35. The third kappa shape index (κ3) is 2.84. The Hall–Kier alpha value is -1.38. The fraction of sp³-hybridized carbons (Fsp3) is 0.417. The smallest absolute Gasteiger partial charge is 0.207 e. The van der Waals surface area contributed by atoms with E-state index in [1.807, 2.05) is 13.0 Å². The Bertz CT molecular complexity index is 514. The highest BCUT2D eigenvalue weighted by Gasteiger charge is 2.26. The van der Waals surface area contributed by atoms with E-state index in [4.69, 9.17) is 5.26 Å². The van der Waals surface area contributed by atoms with E-state index < -0.39 is 16.1 Å². The molecule has 1 aromatic carbocycles. The number of nitriles is 1. The number of rotatable bonds is 4. The van der Waals surface area contributed by atoms with Gasteiger partial charge < -0.3 is 0 Å². The van der Waals surface area contributed by atoms with Crippen molar-refractivity contribution in [3.8, 4) is 6.07 Å². The molecule has 0 N–H and O–H groups in total. The van der Waals surface area contributed by atoms with E-state index in [9.17, 15) is 8.42 Å². The van der Waals surface area contributed by atoms with Crippen LogP contribution in [-0.4, -0.2) is 25.8 Å². The highest BCUT2D eigenvalue weighted by Crippen LogP contribution is 2.17. The molecule has 0 amide bonds. The molecule has 0 radical (unpaired) electrons. The summed E-state index contributed by atoms with van der Waals surface area (Å²) in [5, 5.41) is 8.89. The van der Waals surface area contributed by atoms with Gasteiger partial charge in [-0.1, -0.05) is 24.6 Å². The van der Waals surface area contributed by atoms with Gasteiger partial charge in [0, 0.05) is 7.05 Å². The molecule has 0 aromatic heterocycles. The summed E-state index contributed by atoms with van der Waals surface area (Å²) in [5.41, 5.74) is 0.999. The fourth-order valence-corrected chi connectivity index (χ4v) is 2.82. The Kier molecular flexibility index (Phi) is 4.27. The molecule has 1 atom stereocenters. The molecule has 17 heavy (non-hydrogen) atoms. The number of nitrogens with zero attached hydrogens (tertiary/aromatic N) is 2. The van der Waals surface area contributed by atoms with E-state index in [-0.39, 0.29) is 4.90 Å². The van der Waals surface area contributed by atoms with Crippen molar-refractivity contribution in [1.82, 2.24) is 4.31 Å². The maximum absolute atomic E-state index is 12.2. The van der Waals surface area contributed by atoms with Crippen molar-refractivity contribution in [3.05, 3.63) is 29.8 Å². The summed E-state index contributed by atoms with van der Waals surface area (Å²) in [7, 11) is -2.13. The van der Waals surface area contributed by atoms with Crippen molar-refractivity contribution >= 4 is 10.0 Å². The third-order valence-electron chi connectivity index (χ3n) is 2.67. The third-order valence-corrected chi connectivity index (χ3v) is 4.55. The molecule has 0 saturated heterocycles. The Morgan fingerprint density at radius 3 is 2.29 bits per heavy atom. The van der Waals surface area contributed by atoms with Crippen LogP contribution in [0.1, 0.15) is 18.9 Å². The van der Waals surface area contributed by atoms with Crippen molar-refractivity contribution in [2.45, 2.75) is 31.2 Å². The lowest BCUT2D eigenvalue weighted by molar-refractivity contribution is 0.415. The number of hydrogen-bond acceptors (Lipinski definition) is 3. The summed E-state index contributed by atoms with van der Waals surface area (Å²) in [6.07, 6.45) is 0.470. The fourth-order valence-electron chi connectivity index (χ4n) is 1.47. The lowest BCUT2D eigenvalue weighted by atomic mass is 10.2. The molecule has 0 heterocycles. The van der Waals surface area contributed by atoms with Crippen LogP contribution in [0.25, 0.3) is 0 Å². The highest BCUT2D eigenvalue weighted by molar-refractivity contribution is 7.89. The van der Waals surface area contributed by atoms with Crippen LogP contribution < -0.4 is 0 Å². The maximum Gasteiger partial charge on any atom is 0.244 e. The van der Waals surface area contributed by atoms with Crippen molar-refractivity contribution in [3.63, 3.8) is 0 Å². The SMILES string of the molecule is CCC(C#N)N(C)S(=O)(=O)c1ccc(C)cc1. The molecule has 0 fully saturated rings. The van der Waals surface area contributed by atoms with E-state index in [0.717, 1.165) is 9.87 Å². The van der Waals surface area contributed by atoms with Gasteiger partial charge in [-0.25, -0.2) is 8.42 Å². The molecule has 0 bridgehead atoms. The van der Waals surface area contributed by atoms with E-state index in [2.05, 4.69) is 0 Å². The summed E-state index contributed by atoms with van der Waals surface area (Å²) >= 11 is 0. The molecule has 0 aliphatic carbocycles. The van der Waals surface area contributed by atoms with Crippen LogP contribution in [0.5, 0.6) is 0 Å². The molecular weight excluding hydrogens is 236 g/mol.